The number of nitrogens with one attached hydrogen (secondary N) is 1. The number of halogens is 1. The second-order valence-electron chi connectivity index (χ2n) is 8.81. The molecule has 1 aliphatic carbocycles. The van der Waals surface area contributed by atoms with Crippen molar-refractivity contribution in [1.82, 2.24) is 5.32 Å². The van der Waals surface area contributed by atoms with Crippen molar-refractivity contribution < 1.29 is 19.3 Å². The van der Waals surface area contributed by atoms with Crippen molar-refractivity contribution in [3.05, 3.63) is 76.3 Å². The van der Waals surface area contributed by atoms with Gasteiger partial charge >= 0.3 is 7.12 Å². The van der Waals surface area contributed by atoms with Crippen LogP contribution in [0.1, 0.15) is 40.2 Å². The number of fused-ring (bicyclic) bond motifs is 1. The van der Waals surface area contributed by atoms with Crippen LogP contribution in [0.25, 0.3) is 22.3 Å². The molecule has 0 bridgehead atoms. The summed E-state index contributed by atoms with van der Waals surface area (Å²) < 4.78 is 8.30. The zero-order valence-electron chi connectivity index (χ0n) is 20.2. The lowest BCUT2D eigenvalue weighted by Gasteiger charge is -2.25. The van der Waals surface area contributed by atoms with E-state index in [1.165, 1.54) is 11.9 Å². The number of hydrogen-bond acceptors (Lipinski definition) is 7. The van der Waals surface area contributed by atoms with Gasteiger partial charge in [0.2, 0.25) is 0 Å². The second kappa shape index (κ2) is 10.2. The van der Waals surface area contributed by atoms with Crippen LogP contribution in [0.3, 0.4) is 0 Å². The molecule has 0 aliphatic heterocycles. The van der Waals surface area contributed by atoms with Gasteiger partial charge in [-0.2, -0.15) is 5.26 Å². The molecule has 4 aromatic rings. The Labute approximate surface area is 223 Å². The third kappa shape index (κ3) is 4.69. The van der Waals surface area contributed by atoms with Crippen LogP contribution in [0.5, 0.6) is 0 Å². The van der Waals surface area contributed by atoms with E-state index in [9.17, 15) is 20.1 Å². The van der Waals surface area contributed by atoms with Gasteiger partial charge in [-0.25, -0.2) is 0 Å². The lowest BCUT2D eigenvalue weighted by Crippen LogP contribution is -2.32. The monoisotopic (exact) mass is 531 g/mol. The molecule has 5 rings (SSSR count). The van der Waals surface area contributed by atoms with E-state index in [2.05, 4.69) is 11.4 Å². The lowest BCUT2D eigenvalue weighted by atomic mass is 9.77. The quantitative estimate of drug-likeness (QED) is 0.228. The Balaban J connectivity index is 1.71. The number of carbonyl (C=O) groups excluding carboxylic acids is 1. The number of carbonyl (C=O) groups is 1. The van der Waals surface area contributed by atoms with E-state index in [1.54, 1.807) is 37.4 Å². The highest BCUT2D eigenvalue weighted by Crippen LogP contribution is 2.49. The molecule has 7 nitrogen and oxygen atoms in total. The molecule has 3 N–H and O–H groups in total. The fraction of sp³-hybridized carbons (Fsp3) is 0.185. The van der Waals surface area contributed by atoms with Crippen molar-refractivity contribution in [3.63, 3.8) is 0 Å². The predicted octanol–water partition coefficient (Wildman–Crippen LogP) is 4.96. The maximum absolute atomic E-state index is 13.0. The van der Waals surface area contributed by atoms with Crippen molar-refractivity contribution in [1.29, 1.82) is 5.26 Å². The first-order chi connectivity index (χ1) is 17.9. The Hall–Kier alpha value is -3.42. The molecule has 1 fully saturated rings. The maximum atomic E-state index is 13.0. The van der Waals surface area contributed by atoms with E-state index in [0.717, 1.165) is 35.0 Å². The smallest absolute Gasteiger partial charge is 0.455 e. The summed E-state index contributed by atoms with van der Waals surface area (Å²) in [5.41, 5.74) is 4.80. The minimum Gasteiger partial charge on any atom is -0.455 e. The maximum Gasteiger partial charge on any atom is 0.489 e. The van der Waals surface area contributed by atoms with Gasteiger partial charge in [0.25, 0.3) is 5.91 Å². The molecule has 0 spiro atoms. The molecule has 0 radical (unpaired) electrons. The number of nitriles is 1. The van der Waals surface area contributed by atoms with E-state index in [-0.39, 0.29) is 16.9 Å². The fourth-order valence-corrected chi connectivity index (χ4v) is 5.34. The Morgan fingerprint density at radius 3 is 2.51 bits per heavy atom. The number of amides is 1. The first-order valence-corrected chi connectivity index (χ1v) is 13.2. The SMILES string of the molecule is CNC(=O)c1c(-c2ccc(Cl)cc2)oc2cc(N(SC)c3ccc(B(O)O)c(C#N)c3)c(C3CC3)cc12. The normalized spacial score (nSPS) is 12.9. The van der Waals surface area contributed by atoms with Crippen LogP contribution in [-0.2, 0) is 0 Å². The van der Waals surface area contributed by atoms with Crippen molar-refractivity contribution in [2.45, 2.75) is 18.8 Å². The van der Waals surface area contributed by atoms with Gasteiger partial charge in [-0.3, -0.25) is 9.10 Å². The topological polar surface area (TPSA) is 110 Å². The minimum atomic E-state index is -1.73. The summed E-state index contributed by atoms with van der Waals surface area (Å²) in [5, 5.41) is 32.9. The Bertz CT molecular complexity index is 1540. The van der Waals surface area contributed by atoms with Gasteiger partial charge in [0.15, 0.2) is 0 Å². The molecule has 10 heteroatoms. The molecule has 1 amide bonds. The Morgan fingerprint density at radius 2 is 1.92 bits per heavy atom. The largest absolute Gasteiger partial charge is 0.489 e. The average molecular weight is 532 g/mol. The van der Waals surface area contributed by atoms with Crippen molar-refractivity contribution in [3.8, 4) is 17.4 Å². The predicted molar refractivity (Wildman–Crippen MR) is 149 cm³/mol. The van der Waals surface area contributed by atoms with Crippen molar-refractivity contribution in [2.24, 2.45) is 0 Å². The first kappa shape index (κ1) is 25.2. The fourth-order valence-electron chi connectivity index (χ4n) is 4.54. The second-order valence-corrected chi connectivity index (χ2v) is 9.97. The summed E-state index contributed by atoms with van der Waals surface area (Å²) in [7, 11) is -0.139. The molecular weight excluding hydrogens is 509 g/mol. The van der Waals surface area contributed by atoms with Gasteiger partial charge in [-0.15, -0.1) is 0 Å². The minimum absolute atomic E-state index is 0.152. The number of nitrogens with zero attached hydrogens (tertiary/aromatic N) is 2. The molecular formula is C27H23BClN3O4S. The molecule has 0 unspecified atom stereocenters. The Kier molecular flexibility index (Phi) is 6.93. The summed E-state index contributed by atoms with van der Waals surface area (Å²) in [5.74, 6) is 0.569. The number of rotatable bonds is 7. The highest BCUT2D eigenvalue weighted by molar-refractivity contribution is 8.00. The van der Waals surface area contributed by atoms with E-state index in [4.69, 9.17) is 16.0 Å². The molecule has 37 heavy (non-hydrogen) atoms. The molecule has 186 valence electrons. The van der Waals surface area contributed by atoms with Crippen LogP contribution in [0.15, 0.2) is 59.0 Å². The zero-order valence-corrected chi connectivity index (χ0v) is 21.7. The number of anilines is 2. The molecule has 3 aromatic carbocycles. The molecule has 0 saturated heterocycles. The van der Waals surface area contributed by atoms with Gasteiger partial charge in [0, 0.05) is 35.3 Å². The van der Waals surface area contributed by atoms with Crippen LogP contribution in [0.4, 0.5) is 11.4 Å². The summed E-state index contributed by atoms with van der Waals surface area (Å²) in [6.07, 6.45) is 4.01. The van der Waals surface area contributed by atoms with E-state index < -0.39 is 7.12 Å². The standard InChI is InChI=1S/C27H23BClN3O4S/c1-31-27(33)25-21-12-20(15-3-4-15)23(13-24(21)36-26(25)16-5-7-18(29)8-6-16)32(37-2)19-9-10-22(28(34)35)17(11-19)14-30/h5-13,15,34-35H,3-4H2,1-2H3,(H,31,33). The summed E-state index contributed by atoms with van der Waals surface area (Å²) in [6, 6.07) is 18.1. The average Bonchev–Trinajstić information content (AvgIpc) is 3.69. The highest BCUT2D eigenvalue weighted by Gasteiger charge is 2.32. The van der Waals surface area contributed by atoms with Crippen LogP contribution < -0.4 is 15.1 Å². The zero-order chi connectivity index (χ0) is 26.3. The van der Waals surface area contributed by atoms with Gasteiger partial charge in [-0.1, -0.05) is 17.7 Å². The number of furan rings is 1. The molecule has 1 heterocycles. The van der Waals surface area contributed by atoms with Gasteiger partial charge in [0.05, 0.1) is 28.6 Å². The lowest BCUT2D eigenvalue weighted by molar-refractivity contribution is 0.0964. The van der Waals surface area contributed by atoms with E-state index >= 15 is 0 Å². The van der Waals surface area contributed by atoms with Gasteiger partial charge in [-0.05, 0) is 84.2 Å². The molecule has 1 aliphatic rings. The highest BCUT2D eigenvalue weighted by atomic mass is 35.5. The molecule has 0 atom stereocenters. The summed E-state index contributed by atoms with van der Waals surface area (Å²) in [4.78, 5) is 13.0. The van der Waals surface area contributed by atoms with Crippen molar-refractivity contribution in [2.75, 3.05) is 17.6 Å². The summed E-state index contributed by atoms with van der Waals surface area (Å²) >= 11 is 7.54. The van der Waals surface area contributed by atoms with Crippen LogP contribution >= 0.6 is 23.5 Å². The van der Waals surface area contributed by atoms with Crippen LogP contribution in [0, 0.1) is 11.3 Å². The van der Waals surface area contributed by atoms with Crippen LogP contribution in [0.2, 0.25) is 5.02 Å². The number of benzene rings is 3. The molecule has 1 aromatic heterocycles. The van der Waals surface area contributed by atoms with E-state index in [0.29, 0.717) is 33.5 Å². The van der Waals surface area contributed by atoms with Gasteiger partial charge in [0.1, 0.15) is 11.3 Å². The van der Waals surface area contributed by atoms with Gasteiger partial charge < -0.3 is 19.8 Å². The van der Waals surface area contributed by atoms with Crippen LogP contribution in [-0.4, -0.2) is 36.4 Å². The molecule has 1 saturated carbocycles. The third-order valence-electron chi connectivity index (χ3n) is 6.49. The Morgan fingerprint density at radius 1 is 1.19 bits per heavy atom. The third-order valence-corrected chi connectivity index (χ3v) is 7.51. The van der Waals surface area contributed by atoms with E-state index in [1.807, 2.05) is 34.8 Å². The summed E-state index contributed by atoms with van der Waals surface area (Å²) in [6.45, 7) is 0. The van der Waals surface area contributed by atoms with Crippen molar-refractivity contribution >= 4 is 64.4 Å². The number of hydrogen-bond donors (Lipinski definition) is 3. The first-order valence-electron chi connectivity index (χ1n) is 11.7.